The highest BCUT2D eigenvalue weighted by Gasteiger charge is 2.22. The van der Waals surface area contributed by atoms with Gasteiger partial charge in [-0.3, -0.25) is 0 Å². The molecule has 0 fully saturated rings. The van der Waals surface area contributed by atoms with Gasteiger partial charge in [0.2, 0.25) is 0 Å². The predicted octanol–water partition coefficient (Wildman–Crippen LogP) is 2.08. The van der Waals surface area contributed by atoms with E-state index in [0.29, 0.717) is 12.3 Å². The van der Waals surface area contributed by atoms with Crippen LogP contribution in [-0.4, -0.2) is 32.9 Å². The highest BCUT2D eigenvalue weighted by molar-refractivity contribution is 5.51. The summed E-state index contributed by atoms with van der Waals surface area (Å²) >= 11 is 0. The number of hydrogen-bond acceptors (Lipinski definition) is 4. The topological polar surface area (TPSA) is 50.7 Å². The normalized spacial score (nSPS) is 12.6. The standard InChI is InChI=1S/C14H23NO3/c1-9(2)13-11(17-4)6-7-12(18-5)14(13)10(16)8-15-3/h6-7,9-10,15-16H,8H2,1-5H3. The molecule has 0 aliphatic heterocycles. The Labute approximate surface area is 109 Å². The van der Waals surface area contributed by atoms with E-state index in [1.807, 2.05) is 19.2 Å². The molecule has 0 radical (unpaired) electrons. The lowest BCUT2D eigenvalue weighted by atomic mass is 9.92. The molecule has 1 atom stereocenters. The lowest BCUT2D eigenvalue weighted by Crippen LogP contribution is -2.19. The molecule has 1 rings (SSSR count). The van der Waals surface area contributed by atoms with Crippen molar-refractivity contribution in [1.29, 1.82) is 0 Å². The zero-order valence-electron chi connectivity index (χ0n) is 11.8. The smallest absolute Gasteiger partial charge is 0.125 e. The summed E-state index contributed by atoms with van der Waals surface area (Å²) in [7, 11) is 5.06. The quantitative estimate of drug-likeness (QED) is 0.815. The maximum atomic E-state index is 10.3. The van der Waals surface area contributed by atoms with Crippen molar-refractivity contribution in [3.05, 3.63) is 23.3 Å². The summed E-state index contributed by atoms with van der Waals surface area (Å²) in [5, 5.41) is 13.3. The Bertz CT molecular complexity index is 391. The number of hydrogen-bond donors (Lipinski definition) is 2. The van der Waals surface area contributed by atoms with E-state index in [2.05, 4.69) is 19.2 Å². The zero-order valence-corrected chi connectivity index (χ0v) is 11.8. The molecule has 0 bridgehead atoms. The van der Waals surface area contributed by atoms with Crippen LogP contribution in [0.15, 0.2) is 12.1 Å². The number of rotatable bonds is 6. The monoisotopic (exact) mass is 253 g/mol. The number of benzene rings is 1. The predicted molar refractivity (Wildman–Crippen MR) is 72.5 cm³/mol. The van der Waals surface area contributed by atoms with Crippen LogP contribution in [0.3, 0.4) is 0 Å². The molecule has 2 N–H and O–H groups in total. The molecule has 102 valence electrons. The maximum absolute atomic E-state index is 10.3. The van der Waals surface area contributed by atoms with E-state index in [1.165, 1.54) is 0 Å². The number of aliphatic hydroxyl groups excluding tert-OH is 1. The number of ether oxygens (including phenoxy) is 2. The van der Waals surface area contributed by atoms with Crippen LogP contribution in [0.4, 0.5) is 0 Å². The Kier molecular flexibility index (Phi) is 5.44. The molecule has 0 aliphatic rings. The molecule has 4 nitrogen and oxygen atoms in total. The van der Waals surface area contributed by atoms with Crippen LogP contribution in [-0.2, 0) is 0 Å². The van der Waals surface area contributed by atoms with Crippen molar-refractivity contribution in [1.82, 2.24) is 5.32 Å². The number of methoxy groups -OCH3 is 2. The molecule has 18 heavy (non-hydrogen) atoms. The van der Waals surface area contributed by atoms with Crippen molar-refractivity contribution in [2.24, 2.45) is 0 Å². The molecule has 4 heteroatoms. The summed E-state index contributed by atoms with van der Waals surface area (Å²) in [4.78, 5) is 0. The van der Waals surface area contributed by atoms with Crippen LogP contribution in [0.25, 0.3) is 0 Å². The van der Waals surface area contributed by atoms with E-state index in [1.54, 1.807) is 14.2 Å². The van der Waals surface area contributed by atoms with Crippen LogP contribution in [0.5, 0.6) is 11.5 Å². The van der Waals surface area contributed by atoms with Gasteiger partial charge in [-0.1, -0.05) is 13.8 Å². The largest absolute Gasteiger partial charge is 0.496 e. The summed E-state index contributed by atoms with van der Waals surface area (Å²) in [6, 6.07) is 3.71. The zero-order chi connectivity index (χ0) is 13.7. The third-order valence-electron chi connectivity index (χ3n) is 2.96. The number of likely N-dealkylation sites (N-methyl/N-ethyl adjacent to an activating group) is 1. The van der Waals surface area contributed by atoms with Crippen molar-refractivity contribution < 1.29 is 14.6 Å². The van der Waals surface area contributed by atoms with E-state index in [9.17, 15) is 5.11 Å². The highest BCUT2D eigenvalue weighted by atomic mass is 16.5. The van der Waals surface area contributed by atoms with E-state index in [-0.39, 0.29) is 5.92 Å². The second-order valence-corrected chi connectivity index (χ2v) is 4.53. The van der Waals surface area contributed by atoms with E-state index in [0.717, 1.165) is 16.9 Å². The molecular weight excluding hydrogens is 230 g/mol. The van der Waals surface area contributed by atoms with Gasteiger partial charge in [-0.05, 0) is 25.1 Å². The van der Waals surface area contributed by atoms with Crippen LogP contribution in [0.1, 0.15) is 37.0 Å². The van der Waals surface area contributed by atoms with E-state index < -0.39 is 6.10 Å². The van der Waals surface area contributed by atoms with Gasteiger partial charge in [0.1, 0.15) is 11.5 Å². The molecule has 1 unspecified atom stereocenters. The van der Waals surface area contributed by atoms with Gasteiger partial charge in [-0.15, -0.1) is 0 Å². The molecule has 0 spiro atoms. The molecular formula is C14H23NO3. The van der Waals surface area contributed by atoms with Gasteiger partial charge in [0, 0.05) is 17.7 Å². The SMILES string of the molecule is CNCC(O)c1c(OC)ccc(OC)c1C(C)C. The fourth-order valence-electron chi connectivity index (χ4n) is 2.19. The van der Waals surface area contributed by atoms with Crippen LogP contribution < -0.4 is 14.8 Å². The molecule has 0 amide bonds. The van der Waals surface area contributed by atoms with Crippen LogP contribution in [0.2, 0.25) is 0 Å². The van der Waals surface area contributed by atoms with Crippen LogP contribution in [0, 0.1) is 0 Å². The molecule has 0 aromatic heterocycles. The number of aliphatic hydroxyl groups is 1. The average molecular weight is 253 g/mol. The highest BCUT2D eigenvalue weighted by Crippen LogP contribution is 2.39. The fourth-order valence-corrected chi connectivity index (χ4v) is 2.19. The third-order valence-corrected chi connectivity index (χ3v) is 2.96. The number of nitrogens with one attached hydrogen (secondary N) is 1. The maximum Gasteiger partial charge on any atom is 0.125 e. The Morgan fingerprint density at radius 1 is 1.11 bits per heavy atom. The molecule has 0 saturated carbocycles. The first-order chi connectivity index (χ1) is 8.56. The van der Waals surface area contributed by atoms with Crippen molar-refractivity contribution >= 4 is 0 Å². The fraction of sp³-hybridized carbons (Fsp3) is 0.571. The third kappa shape index (κ3) is 2.94. The molecule has 1 aromatic rings. The average Bonchev–Trinajstić information content (AvgIpc) is 2.36. The van der Waals surface area contributed by atoms with Gasteiger partial charge in [0.25, 0.3) is 0 Å². The summed E-state index contributed by atoms with van der Waals surface area (Å²) in [6.45, 7) is 4.63. The summed E-state index contributed by atoms with van der Waals surface area (Å²) in [5.74, 6) is 1.73. The Morgan fingerprint density at radius 3 is 2.00 bits per heavy atom. The molecule has 1 aromatic carbocycles. The Balaban J connectivity index is 3.39. The van der Waals surface area contributed by atoms with Gasteiger partial charge in [-0.2, -0.15) is 0 Å². The Hall–Kier alpha value is -1.26. The second kappa shape index (κ2) is 6.61. The first-order valence-electron chi connectivity index (χ1n) is 6.14. The minimum absolute atomic E-state index is 0.247. The van der Waals surface area contributed by atoms with Crippen molar-refractivity contribution in [3.63, 3.8) is 0 Å². The summed E-state index contributed by atoms with van der Waals surface area (Å²) in [6.07, 6.45) is -0.613. The van der Waals surface area contributed by atoms with E-state index in [4.69, 9.17) is 9.47 Å². The van der Waals surface area contributed by atoms with Gasteiger partial charge in [0.15, 0.2) is 0 Å². The first kappa shape index (κ1) is 14.8. The van der Waals surface area contributed by atoms with Gasteiger partial charge in [-0.25, -0.2) is 0 Å². The molecule has 0 aliphatic carbocycles. The second-order valence-electron chi connectivity index (χ2n) is 4.53. The lowest BCUT2D eigenvalue weighted by molar-refractivity contribution is 0.171. The van der Waals surface area contributed by atoms with Crippen molar-refractivity contribution in [2.45, 2.75) is 25.9 Å². The van der Waals surface area contributed by atoms with E-state index >= 15 is 0 Å². The van der Waals surface area contributed by atoms with Crippen LogP contribution >= 0.6 is 0 Å². The van der Waals surface area contributed by atoms with Crippen molar-refractivity contribution in [2.75, 3.05) is 27.8 Å². The minimum atomic E-state index is -0.613. The lowest BCUT2D eigenvalue weighted by Gasteiger charge is -2.23. The minimum Gasteiger partial charge on any atom is -0.496 e. The summed E-state index contributed by atoms with van der Waals surface area (Å²) in [5.41, 5.74) is 1.81. The molecule has 0 saturated heterocycles. The van der Waals surface area contributed by atoms with Gasteiger partial charge in [0.05, 0.1) is 20.3 Å². The summed E-state index contributed by atoms with van der Waals surface area (Å²) < 4.78 is 10.7. The van der Waals surface area contributed by atoms with Gasteiger partial charge < -0.3 is 19.9 Å². The molecule has 0 heterocycles. The Morgan fingerprint density at radius 2 is 1.61 bits per heavy atom. The first-order valence-corrected chi connectivity index (χ1v) is 6.14. The van der Waals surface area contributed by atoms with Crippen molar-refractivity contribution in [3.8, 4) is 11.5 Å². The van der Waals surface area contributed by atoms with Gasteiger partial charge >= 0.3 is 0 Å².